The lowest BCUT2D eigenvalue weighted by molar-refractivity contribution is 0.0993. The highest BCUT2D eigenvalue weighted by Gasteiger charge is 2.08. The molecule has 0 saturated carbocycles. The molecule has 2 heteroatoms. The first-order chi connectivity index (χ1) is 7.27. The van der Waals surface area contributed by atoms with E-state index in [2.05, 4.69) is 0 Å². The van der Waals surface area contributed by atoms with Crippen molar-refractivity contribution in [2.75, 3.05) is 0 Å². The van der Waals surface area contributed by atoms with Crippen LogP contribution in [0.25, 0.3) is 0 Å². The number of carbonyl (C=O) groups excluding carboxylic acids is 1. The van der Waals surface area contributed by atoms with E-state index in [1.165, 1.54) is 5.56 Å². The van der Waals surface area contributed by atoms with Gasteiger partial charge in [-0.2, -0.15) is 11.3 Å². The fourth-order valence-corrected chi connectivity index (χ4v) is 2.17. The minimum absolute atomic E-state index is 0.200. The van der Waals surface area contributed by atoms with Crippen LogP contribution in [0.15, 0.2) is 41.1 Å². The Bertz CT molecular complexity index is 457. The summed E-state index contributed by atoms with van der Waals surface area (Å²) in [5.74, 6) is 0.200. The van der Waals surface area contributed by atoms with E-state index in [4.69, 9.17) is 0 Å². The summed E-state index contributed by atoms with van der Waals surface area (Å²) in [7, 11) is 0. The van der Waals surface area contributed by atoms with Crippen molar-refractivity contribution in [3.05, 3.63) is 57.8 Å². The van der Waals surface area contributed by atoms with Crippen LogP contribution in [0, 0.1) is 6.92 Å². The molecule has 0 aliphatic carbocycles. The molecule has 0 N–H and O–H groups in total. The second kappa shape index (κ2) is 4.41. The standard InChI is InChI=1S/C13H12OS/c1-10-4-2-3-5-11(10)8-13(14)12-6-7-15-9-12/h2-7,9H,8H2,1H3. The van der Waals surface area contributed by atoms with Gasteiger partial charge in [0.25, 0.3) is 0 Å². The molecule has 0 amide bonds. The largest absolute Gasteiger partial charge is 0.294 e. The molecular formula is C13H12OS. The van der Waals surface area contributed by atoms with Gasteiger partial charge < -0.3 is 0 Å². The second-order valence-electron chi connectivity index (χ2n) is 3.54. The number of benzene rings is 1. The van der Waals surface area contributed by atoms with Gasteiger partial charge in [-0.1, -0.05) is 24.3 Å². The number of ketones is 1. The van der Waals surface area contributed by atoms with Gasteiger partial charge in [-0.3, -0.25) is 4.79 Å². The van der Waals surface area contributed by atoms with Crippen molar-refractivity contribution >= 4 is 17.1 Å². The van der Waals surface area contributed by atoms with Gasteiger partial charge in [-0.05, 0) is 29.5 Å². The predicted molar refractivity (Wildman–Crippen MR) is 63.5 cm³/mol. The highest BCUT2D eigenvalue weighted by molar-refractivity contribution is 7.08. The lowest BCUT2D eigenvalue weighted by Crippen LogP contribution is -2.03. The Morgan fingerprint density at radius 1 is 1.27 bits per heavy atom. The molecule has 0 unspecified atom stereocenters. The number of hydrogen-bond acceptors (Lipinski definition) is 2. The van der Waals surface area contributed by atoms with E-state index in [0.717, 1.165) is 11.1 Å². The summed E-state index contributed by atoms with van der Waals surface area (Å²) in [6.07, 6.45) is 0.503. The van der Waals surface area contributed by atoms with Crippen molar-refractivity contribution in [1.29, 1.82) is 0 Å². The Kier molecular flexibility index (Phi) is 2.97. The molecule has 1 aromatic heterocycles. The quantitative estimate of drug-likeness (QED) is 0.718. The van der Waals surface area contributed by atoms with Crippen LogP contribution in [0.1, 0.15) is 21.5 Å². The van der Waals surface area contributed by atoms with Crippen molar-refractivity contribution < 1.29 is 4.79 Å². The molecule has 1 aromatic carbocycles. The molecule has 0 radical (unpaired) electrons. The number of Topliss-reactive ketones (excluding diaryl/α,β-unsaturated/α-hetero) is 1. The molecule has 0 aliphatic rings. The number of aryl methyl sites for hydroxylation is 1. The average Bonchev–Trinajstić information content (AvgIpc) is 2.74. The maximum absolute atomic E-state index is 11.8. The topological polar surface area (TPSA) is 17.1 Å². The fraction of sp³-hybridized carbons (Fsp3) is 0.154. The molecule has 15 heavy (non-hydrogen) atoms. The molecule has 2 rings (SSSR count). The van der Waals surface area contributed by atoms with Gasteiger partial charge in [-0.25, -0.2) is 0 Å². The molecule has 0 bridgehead atoms. The minimum Gasteiger partial charge on any atom is -0.294 e. The zero-order valence-corrected chi connectivity index (χ0v) is 9.38. The van der Waals surface area contributed by atoms with Gasteiger partial charge in [-0.15, -0.1) is 0 Å². The van der Waals surface area contributed by atoms with Crippen LogP contribution >= 0.6 is 11.3 Å². The summed E-state index contributed by atoms with van der Waals surface area (Å²) in [4.78, 5) is 11.8. The molecule has 1 nitrogen and oxygen atoms in total. The SMILES string of the molecule is Cc1ccccc1CC(=O)c1ccsc1. The smallest absolute Gasteiger partial charge is 0.168 e. The third-order valence-electron chi connectivity index (χ3n) is 2.46. The lowest BCUT2D eigenvalue weighted by atomic mass is 10.0. The summed E-state index contributed by atoms with van der Waals surface area (Å²) >= 11 is 1.56. The van der Waals surface area contributed by atoms with Crippen molar-refractivity contribution in [3.63, 3.8) is 0 Å². The predicted octanol–water partition coefficient (Wildman–Crippen LogP) is 3.48. The van der Waals surface area contributed by atoms with Gasteiger partial charge in [0.2, 0.25) is 0 Å². The van der Waals surface area contributed by atoms with Crippen LogP contribution in [0.5, 0.6) is 0 Å². The van der Waals surface area contributed by atoms with E-state index >= 15 is 0 Å². The Labute approximate surface area is 93.4 Å². The van der Waals surface area contributed by atoms with E-state index in [1.54, 1.807) is 11.3 Å². The number of carbonyl (C=O) groups is 1. The summed E-state index contributed by atoms with van der Waals surface area (Å²) in [5, 5.41) is 3.84. The Morgan fingerprint density at radius 2 is 2.07 bits per heavy atom. The zero-order valence-electron chi connectivity index (χ0n) is 8.57. The lowest BCUT2D eigenvalue weighted by Gasteiger charge is -2.03. The van der Waals surface area contributed by atoms with Gasteiger partial charge >= 0.3 is 0 Å². The minimum atomic E-state index is 0.200. The van der Waals surface area contributed by atoms with Gasteiger partial charge in [0.05, 0.1) is 0 Å². The van der Waals surface area contributed by atoms with Crippen molar-refractivity contribution in [2.24, 2.45) is 0 Å². The fourth-order valence-electron chi connectivity index (χ4n) is 1.51. The maximum atomic E-state index is 11.8. The molecule has 0 saturated heterocycles. The van der Waals surface area contributed by atoms with Crippen LogP contribution in [0.3, 0.4) is 0 Å². The Morgan fingerprint density at radius 3 is 2.73 bits per heavy atom. The molecule has 0 atom stereocenters. The van der Waals surface area contributed by atoms with E-state index in [0.29, 0.717) is 6.42 Å². The monoisotopic (exact) mass is 216 g/mol. The van der Waals surface area contributed by atoms with E-state index in [9.17, 15) is 4.79 Å². The highest BCUT2D eigenvalue weighted by Crippen LogP contribution is 2.13. The third kappa shape index (κ3) is 2.34. The molecular weight excluding hydrogens is 204 g/mol. The van der Waals surface area contributed by atoms with Crippen LogP contribution in [0.2, 0.25) is 0 Å². The van der Waals surface area contributed by atoms with Crippen molar-refractivity contribution in [1.82, 2.24) is 0 Å². The van der Waals surface area contributed by atoms with Crippen molar-refractivity contribution in [3.8, 4) is 0 Å². The van der Waals surface area contributed by atoms with Gasteiger partial charge in [0.15, 0.2) is 5.78 Å². The number of hydrogen-bond donors (Lipinski definition) is 0. The second-order valence-corrected chi connectivity index (χ2v) is 4.32. The summed E-state index contributed by atoms with van der Waals surface area (Å²) in [5.41, 5.74) is 3.12. The maximum Gasteiger partial charge on any atom is 0.168 e. The van der Waals surface area contributed by atoms with Crippen LogP contribution in [-0.2, 0) is 6.42 Å². The average molecular weight is 216 g/mol. The molecule has 2 aromatic rings. The Balaban J connectivity index is 2.17. The van der Waals surface area contributed by atoms with Crippen LogP contribution < -0.4 is 0 Å². The van der Waals surface area contributed by atoms with Crippen LogP contribution in [-0.4, -0.2) is 5.78 Å². The van der Waals surface area contributed by atoms with Gasteiger partial charge in [0, 0.05) is 17.4 Å². The first kappa shape index (κ1) is 10.1. The van der Waals surface area contributed by atoms with Gasteiger partial charge in [0.1, 0.15) is 0 Å². The van der Waals surface area contributed by atoms with E-state index < -0.39 is 0 Å². The van der Waals surface area contributed by atoms with Crippen LogP contribution in [0.4, 0.5) is 0 Å². The van der Waals surface area contributed by atoms with E-state index in [-0.39, 0.29) is 5.78 Å². The van der Waals surface area contributed by atoms with Crippen molar-refractivity contribution in [2.45, 2.75) is 13.3 Å². The Hall–Kier alpha value is -1.41. The first-order valence-corrected chi connectivity index (χ1v) is 5.81. The molecule has 1 heterocycles. The number of thiophene rings is 1. The summed E-state index contributed by atoms with van der Waals surface area (Å²) in [6.45, 7) is 2.04. The zero-order chi connectivity index (χ0) is 10.7. The molecule has 0 aliphatic heterocycles. The molecule has 76 valence electrons. The summed E-state index contributed by atoms with van der Waals surface area (Å²) < 4.78 is 0. The summed E-state index contributed by atoms with van der Waals surface area (Å²) in [6, 6.07) is 9.90. The number of rotatable bonds is 3. The highest BCUT2D eigenvalue weighted by atomic mass is 32.1. The molecule has 0 fully saturated rings. The first-order valence-electron chi connectivity index (χ1n) is 4.87. The van der Waals surface area contributed by atoms with E-state index in [1.807, 2.05) is 48.0 Å². The molecule has 0 spiro atoms. The normalized spacial score (nSPS) is 10.2. The third-order valence-corrected chi connectivity index (χ3v) is 3.14.